The zero-order valence-electron chi connectivity index (χ0n) is 10.8. The molecule has 0 heterocycles. The maximum Gasteiger partial charge on any atom is 0.0647 e. The molecule has 0 aromatic heterocycles. The minimum atomic E-state index is 0.299. The van der Waals surface area contributed by atoms with Crippen LogP contribution in [-0.2, 0) is 0 Å². The molecule has 3 aliphatic carbocycles. The lowest BCUT2D eigenvalue weighted by atomic mass is 9.67. The van der Waals surface area contributed by atoms with E-state index >= 15 is 0 Å². The van der Waals surface area contributed by atoms with Gasteiger partial charge in [-0.05, 0) is 59.8 Å². The highest BCUT2D eigenvalue weighted by Gasteiger charge is 2.63. The van der Waals surface area contributed by atoms with Crippen molar-refractivity contribution in [1.29, 1.82) is 0 Å². The molecule has 0 aliphatic heterocycles. The third-order valence-electron chi connectivity index (χ3n) is 6.25. The van der Waals surface area contributed by atoms with Crippen LogP contribution in [0.2, 0.25) is 0 Å². The van der Waals surface area contributed by atoms with Crippen molar-refractivity contribution in [3.63, 3.8) is 0 Å². The summed E-state index contributed by atoms with van der Waals surface area (Å²) >= 11 is 0. The predicted octanol–water partition coefficient (Wildman–Crippen LogP) is 3.39. The van der Waals surface area contributed by atoms with Gasteiger partial charge in [-0.15, -0.1) is 0 Å². The van der Waals surface area contributed by atoms with Crippen LogP contribution in [0.5, 0.6) is 0 Å². The summed E-state index contributed by atoms with van der Waals surface area (Å²) in [5.74, 6) is 2.56. The molecular weight excluding hydrogens is 196 g/mol. The van der Waals surface area contributed by atoms with E-state index in [1.807, 2.05) is 0 Å². The topological polar surface area (TPSA) is 20.2 Å². The van der Waals surface area contributed by atoms with Gasteiger partial charge < -0.3 is 5.11 Å². The number of allylic oxidation sites excluding steroid dienone is 1. The highest BCUT2D eigenvalue weighted by molar-refractivity contribution is 5.30. The quantitative estimate of drug-likeness (QED) is 0.672. The van der Waals surface area contributed by atoms with Gasteiger partial charge in [0.2, 0.25) is 0 Å². The smallest absolute Gasteiger partial charge is 0.0647 e. The number of aliphatic hydroxyl groups excluding tert-OH is 1. The molecule has 0 radical (unpaired) electrons. The van der Waals surface area contributed by atoms with E-state index in [9.17, 15) is 5.11 Å². The third kappa shape index (κ3) is 1.06. The minimum absolute atomic E-state index is 0.299. The van der Waals surface area contributed by atoms with Crippen molar-refractivity contribution < 1.29 is 5.11 Å². The summed E-state index contributed by atoms with van der Waals surface area (Å²) in [6, 6.07) is 0. The molecule has 1 spiro atoms. The summed E-state index contributed by atoms with van der Waals surface area (Å²) in [6.45, 7) is 7.68. The van der Waals surface area contributed by atoms with Gasteiger partial charge in [0, 0.05) is 0 Å². The lowest BCUT2D eigenvalue weighted by Gasteiger charge is -2.37. The van der Waals surface area contributed by atoms with E-state index in [2.05, 4.69) is 26.8 Å². The summed E-state index contributed by atoms with van der Waals surface area (Å²) in [4.78, 5) is 0. The van der Waals surface area contributed by atoms with E-state index in [0.717, 1.165) is 17.8 Å². The second-order valence-electron chi connectivity index (χ2n) is 6.98. The third-order valence-corrected chi connectivity index (χ3v) is 6.25. The lowest BCUT2D eigenvalue weighted by Crippen LogP contribution is -2.30. The molecule has 3 aliphatic rings. The Bertz CT molecular complexity index is 341. The predicted molar refractivity (Wildman–Crippen MR) is 66.0 cm³/mol. The zero-order valence-corrected chi connectivity index (χ0v) is 10.8. The summed E-state index contributed by atoms with van der Waals surface area (Å²) in [5, 5.41) is 9.59. The Labute approximate surface area is 98.9 Å². The average molecular weight is 220 g/mol. The van der Waals surface area contributed by atoms with Crippen molar-refractivity contribution in [2.75, 3.05) is 6.61 Å². The number of rotatable bonds is 1. The molecule has 90 valence electrons. The zero-order chi connectivity index (χ0) is 11.6. The van der Waals surface area contributed by atoms with E-state index in [4.69, 9.17) is 0 Å². The Morgan fingerprint density at radius 3 is 2.88 bits per heavy atom. The van der Waals surface area contributed by atoms with Gasteiger partial charge in [-0.1, -0.05) is 26.8 Å². The summed E-state index contributed by atoms with van der Waals surface area (Å²) < 4.78 is 0. The van der Waals surface area contributed by atoms with E-state index in [-0.39, 0.29) is 0 Å². The van der Waals surface area contributed by atoms with E-state index in [1.54, 1.807) is 0 Å². The van der Waals surface area contributed by atoms with Crippen molar-refractivity contribution >= 4 is 0 Å². The second kappa shape index (κ2) is 3.13. The minimum Gasteiger partial charge on any atom is -0.392 e. The molecule has 0 saturated heterocycles. The van der Waals surface area contributed by atoms with E-state index in [0.29, 0.717) is 17.4 Å². The van der Waals surface area contributed by atoms with Gasteiger partial charge in [0.1, 0.15) is 0 Å². The molecule has 2 saturated carbocycles. The maximum absolute atomic E-state index is 9.59. The molecule has 2 bridgehead atoms. The summed E-state index contributed by atoms with van der Waals surface area (Å²) in [6.07, 6.45) is 7.59. The molecule has 1 nitrogen and oxygen atoms in total. The SMILES string of the molecule is C[C@@H]1CC[C@]23C[C@H]1C(C)(C)[C@H]2CC=C3CO. The average Bonchev–Trinajstić information content (AvgIpc) is 2.68. The van der Waals surface area contributed by atoms with Gasteiger partial charge in [-0.3, -0.25) is 0 Å². The second-order valence-corrected chi connectivity index (χ2v) is 6.98. The number of hydrogen-bond donors (Lipinski definition) is 1. The molecule has 1 N–H and O–H groups in total. The lowest BCUT2D eigenvalue weighted by molar-refractivity contribution is 0.144. The van der Waals surface area contributed by atoms with Crippen molar-refractivity contribution in [3.05, 3.63) is 11.6 Å². The van der Waals surface area contributed by atoms with Crippen LogP contribution in [0.3, 0.4) is 0 Å². The molecule has 0 unspecified atom stereocenters. The standard InChI is InChI=1S/C15H24O/c1-10-6-7-15-8-12(10)14(2,3)13(15)5-4-11(15)9-16/h4,10,12-13,16H,5-9H2,1-3H3/t10-,12-,13-,15-/m1/s1. The first-order chi connectivity index (χ1) is 7.52. The Balaban J connectivity index is 2.05. The van der Waals surface area contributed by atoms with Gasteiger partial charge in [0.05, 0.1) is 6.61 Å². The van der Waals surface area contributed by atoms with Crippen LogP contribution in [0.25, 0.3) is 0 Å². The van der Waals surface area contributed by atoms with Crippen LogP contribution in [0, 0.1) is 28.6 Å². The van der Waals surface area contributed by atoms with Gasteiger partial charge in [0.15, 0.2) is 0 Å². The van der Waals surface area contributed by atoms with Crippen LogP contribution < -0.4 is 0 Å². The van der Waals surface area contributed by atoms with Crippen molar-refractivity contribution in [2.24, 2.45) is 28.6 Å². The molecular formula is C15H24O. The number of aliphatic hydroxyl groups is 1. The molecule has 0 aromatic rings. The molecule has 3 rings (SSSR count). The number of hydrogen-bond acceptors (Lipinski definition) is 1. The highest BCUT2D eigenvalue weighted by atomic mass is 16.3. The first-order valence-corrected chi connectivity index (χ1v) is 6.83. The highest BCUT2D eigenvalue weighted by Crippen LogP contribution is 2.70. The first kappa shape index (κ1) is 10.8. The van der Waals surface area contributed by atoms with Crippen molar-refractivity contribution in [2.45, 2.75) is 46.5 Å². The fraction of sp³-hybridized carbons (Fsp3) is 0.867. The maximum atomic E-state index is 9.59. The summed E-state index contributed by atoms with van der Waals surface area (Å²) in [7, 11) is 0. The van der Waals surface area contributed by atoms with Crippen molar-refractivity contribution in [1.82, 2.24) is 0 Å². The van der Waals surface area contributed by atoms with Gasteiger partial charge in [-0.25, -0.2) is 0 Å². The van der Waals surface area contributed by atoms with Gasteiger partial charge in [0.25, 0.3) is 0 Å². The summed E-state index contributed by atoms with van der Waals surface area (Å²) in [5.41, 5.74) is 2.25. The van der Waals surface area contributed by atoms with E-state index in [1.165, 1.54) is 31.3 Å². The van der Waals surface area contributed by atoms with E-state index < -0.39 is 0 Å². The number of fused-ring (bicyclic) bond motifs is 1. The Morgan fingerprint density at radius 1 is 1.44 bits per heavy atom. The van der Waals surface area contributed by atoms with Crippen LogP contribution in [0.1, 0.15) is 46.5 Å². The van der Waals surface area contributed by atoms with Crippen LogP contribution >= 0.6 is 0 Å². The van der Waals surface area contributed by atoms with Gasteiger partial charge >= 0.3 is 0 Å². The van der Waals surface area contributed by atoms with Gasteiger partial charge in [-0.2, -0.15) is 0 Å². The molecule has 0 aromatic carbocycles. The fourth-order valence-corrected chi connectivity index (χ4v) is 5.40. The normalized spacial score (nSPS) is 49.0. The molecule has 4 atom stereocenters. The Hall–Kier alpha value is -0.300. The fourth-order valence-electron chi connectivity index (χ4n) is 5.40. The first-order valence-electron chi connectivity index (χ1n) is 6.83. The Kier molecular flexibility index (Phi) is 2.12. The molecule has 16 heavy (non-hydrogen) atoms. The Morgan fingerprint density at radius 2 is 2.19 bits per heavy atom. The van der Waals surface area contributed by atoms with Crippen molar-refractivity contribution in [3.8, 4) is 0 Å². The van der Waals surface area contributed by atoms with Crippen LogP contribution in [0.4, 0.5) is 0 Å². The largest absolute Gasteiger partial charge is 0.392 e. The van der Waals surface area contributed by atoms with Crippen LogP contribution in [0.15, 0.2) is 11.6 Å². The van der Waals surface area contributed by atoms with Crippen LogP contribution in [-0.4, -0.2) is 11.7 Å². The molecule has 2 fully saturated rings. The molecule has 1 heteroatoms. The monoisotopic (exact) mass is 220 g/mol. The molecule has 0 amide bonds.